The van der Waals surface area contributed by atoms with Gasteiger partial charge in [0, 0.05) is 29.2 Å². The van der Waals surface area contributed by atoms with Crippen LogP contribution in [0.3, 0.4) is 0 Å². The van der Waals surface area contributed by atoms with Crippen LogP contribution in [0.1, 0.15) is 70.0 Å². The van der Waals surface area contributed by atoms with Crippen molar-refractivity contribution in [2.75, 3.05) is 7.11 Å². The molecule has 2 atom stereocenters. The molecule has 6 rings (SSSR count). The zero-order valence-corrected chi connectivity index (χ0v) is 20.7. The number of hydrogen-bond acceptors (Lipinski definition) is 6. The van der Waals surface area contributed by atoms with E-state index in [0.717, 1.165) is 29.7 Å². The molecule has 1 amide bonds. The second-order valence-corrected chi connectivity index (χ2v) is 9.78. The maximum Gasteiger partial charge on any atom is 0.251 e. The highest BCUT2D eigenvalue weighted by atomic mass is 16.5. The lowest BCUT2D eigenvalue weighted by Gasteiger charge is -2.37. The topological polar surface area (TPSA) is 80.2 Å². The average Bonchev–Trinajstić information content (AvgIpc) is 3.63. The predicted octanol–water partition coefficient (Wildman–Crippen LogP) is 5.12. The Kier molecular flexibility index (Phi) is 6.12. The molecule has 1 saturated carbocycles. The Bertz CT molecular complexity index is 1340. The Morgan fingerprint density at radius 1 is 0.946 bits per heavy atom. The molecule has 1 aliphatic carbocycles. The molecular weight excluding hydrogens is 466 g/mol. The number of nitrogens with zero attached hydrogens (tertiary/aromatic N) is 2. The molecule has 2 unspecified atom stereocenters. The highest BCUT2D eigenvalue weighted by Gasteiger charge is 2.43. The Labute approximate surface area is 216 Å². The maximum atomic E-state index is 13.5. The standard InChI is InChI=1S/C30H29N3O4/c1-36-23-16-14-20(15-17-23)28(34)30-33-26(24-8-4-5-9-27(24)37-30)18-25(32-33)19-10-12-21(13-11-19)29(35)31-22-6-2-3-7-22/h4-5,8-17,22,26,30H,2-3,6-7,18H2,1H3,(H,31,35). The summed E-state index contributed by atoms with van der Waals surface area (Å²) in [5.41, 5.74) is 3.98. The number of ketones is 1. The fraction of sp³-hybridized carbons (Fsp3) is 0.300. The number of Topliss-reactive ketones (excluding diaryl/α,β-unsaturated/α-hetero) is 1. The number of para-hydroxylation sites is 1. The number of carbonyl (C=O) groups excluding carboxylic acids is 2. The molecule has 7 nitrogen and oxygen atoms in total. The van der Waals surface area contributed by atoms with Gasteiger partial charge in [-0.15, -0.1) is 0 Å². The van der Waals surface area contributed by atoms with Crippen molar-refractivity contribution in [2.24, 2.45) is 5.10 Å². The van der Waals surface area contributed by atoms with Crippen LogP contribution in [0.2, 0.25) is 0 Å². The minimum Gasteiger partial charge on any atom is -0.497 e. The molecule has 7 heteroatoms. The van der Waals surface area contributed by atoms with E-state index in [1.54, 1.807) is 36.4 Å². The molecule has 2 aliphatic heterocycles. The molecule has 0 radical (unpaired) electrons. The van der Waals surface area contributed by atoms with Gasteiger partial charge in [-0.3, -0.25) is 9.59 Å². The lowest BCUT2D eigenvalue weighted by molar-refractivity contribution is -0.00455. The number of fused-ring (bicyclic) bond motifs is 3. The Balaban J connectivity index is 1.26. The summed E-state index contributed by atoms with van der Waals surface area (Å²) in [5, 5.41) is 9.80. The summed E-state index contributed by atoms with van der Waals surface area (Å²) in [5.74, 6) is 1.19. The van der Waals surface area contributed by atoms with E-state index in [1.165, 1.54) is 12.8 Å². The van der Waals surface area contributed by atoms with E-state index in [0.29, 0.717) is 29.0 Å². The first-order valence-electron chi connectivity index (χ1n) is 12.8. The molecule has 0 bridgehead atoms. The van der Waals surface area contributed by atoms with Crippen molar-refractivity contribution in [1.82, 2.24) is 10.3 Å². The maximum absolute atomic E-state index is 13.5. The van der Waals surface area contributed by atoms with Crippen molar-refractivity contribution in [1.29, 1.82) is 0 Å². The fourth-order valence-corrected chi connectivity index (χ4v) is 5.43. The molecule has 3 aromatic rings. The molecule has 37 heavy (non-hydrogen) atoms. The highest BCUT2D eigenvalue weighted by Crippen LogP contribution is 2.43. The van der Waals surface area contributed by atoms with Crippen LogP contribution in [0.25, 0.3) is 0 Å². The molecule has 1 N–H and O–H groups in total. The lowest BCUT2D eigenvalue weighted by Crippen LogP contribution is -2.45. The van der Waals surface area contributed by atoms with Crippen LogP contribution in [0, 0.1) is 0 Å². The smallest absolute Gasteiger partial charge is 0.251 e. The minimum absolute atomic E-state index is 0.0308. The van der Waals surface area contributed by atoms with E-state index in [1.807, 2.05) is 48.5 Å². The number of rotatable bonds is 6. The molecular formula is C30H29N3O4. The molecule has 1 fully saturated rings. The second-order valence-electron chi connectivity index (χ2n) is 9.78. The summed E-state index contributed by atoms with van der Waals surface area (Å²) in [6.45, 7) is 0. The molecule has 2 heterocycles. The molecule has 3 aromatic carbocycles. The Morgan fingerprint density at radius 3 is 2.38 bits per heavy atom. The van der Waals surface area contributed by atoms with Crippen molar-refractivity contribution < 1.29 is 19.1 Å². The van der Waals surface area contributed by atoms with Gasteiger partial charge in [-0.2, -0.15) is 5.10 Å². The molecule has 0 spiro atoms. The number of carbonyl (C=O) groups is 2. The molecule has 0 aromatic heterocycles. The number of ether oxygens (including phenoxy) is 2. The van der Waals surface area contributed by atoms with Crippen LogP contribution in [0.5, 0.6) is 11.5 Å². The summed E-state index contributed by atoms with van der Waals surface area (Å²) < 4.78 is 11.4. The van der Waals surface area contributed by atoms with Crippen LogP contribution >= 0.6 is 0 Å². The number of methoxy groups -OCH3 is 1. The third-order valence-electron chi connectivity index (χ3n) is 7.47. The Morgan fingerprint density at radius 2 is 1.65 bits per heavy atom. The molecule has 0 saturated heterocycles. The molecule has 188 valence electrons. The van der Waals surface area contributed by atoms with Gasteiger partial charge in [-0.1, -0.05) is 43.2 Å². The molecule has 3 aliphatic rings. The van der Waals surface area contributed by atoms with E-state index >= 15 is 0 Å². The number of nitrogens with one attached hydrogen (secondary N) is 1. The average molecular weight is 496 g/mol. The number of hydrazone groups is 1. The summed E-state index contributed by atoms with van der Waals surface area (Å²) >= 11 is 0. The van der Waals surface area contributed by atoms with Gasteiger partial charge in [-0.25, -0.2) is 5.01 Å². The number of benzene rings is 3. The summed E-state index contributed by atoms with van der Waals surface area (Å²) in [7, 11) is 1.59. The summed E-state index contributed by atoms with van der Waals surface area (Å²) in [4.78, 5) is 26.2. The quantitative estimate of drug-likeness (QED) is 0.480. The normalized spacial score (nSPS) is 20.5. The predicted molar refractivity (Wildman–Crippen MR) is 140 cm³/mol. The second kappa shape index (κ2) is 9.73. The van der Waals surface area contributed by atoms with Gasteiger partial charge in [0.2, 0.25) is 5.78 Å². The fourth-order valence-electron chi connectivity index (χ4n) is 5.43. The zero-order chi connectivity index (χ0) is 25.4. The first-order chi connectivity index (χ1) is 18.1. The van der Waals surface area contributed by atoms with Crippen molar-refractivity contribution >= 4 is 17.4 Å². The van der Waals surface area contributed by atoms with Crippen LogP contribution in [0.15, 0.2) is 77.9 Å². The third-order valence-corrected chi connectivity index (χ3v) is 7.47. The third kappa shape index (κ3) is 4.46. The van der Waals surface area contributed by atoms with Crippen LogP contribution in [0.4, 0.5) is 0 Å². The SMILES string of the molecule is COc1ccc(C(=O)C2Oc3ccccc3C3CC(c4ccc(C(=O)NC5CCCC5)cc4)=NN23)cc1. The van der Waals surface area contributed by atoms with Crippen molar-refractivity contribution in [2.45, 2.75) is 50.4 Å². The van der Waals surface area contributed by atoms with Gasteiger partial charge >= 0.3 is 0 Å². The number of hydrogen-bond donors (Lipinski definition) is 1. The van der Waals surface area contributed by atoms with Crippen molar-refractivity contribution in [3.05, 3.63) is 95.1 Å². The van der Waals surface area contributed by atoms with Crippen molar-refractivity contribution in [3.8, 4) is 11.5 Å². The van der Waals surface area contributed by atoms with E-state index < -0.39 is 6.23 Å². The first kappa shape index (κ1) is 23.3. The van der Waals surface area contributed by atoms with Gasteiger partial charge in [0.05, 0.1) is 18.9 Å². The van der Waals surface area contributed by atoms with E-state index in [2.05, 4.69) is 5.32 Å². The first-order valence-corrected chi connectivity index (χ1v) is 12.8. The van der Waals surface area contributed by atoms with Gasteiger partial charge in [0.1, 0.15) is 11.5 Å². The van der Waals surface area contributed by atoms with Gasteiger partial charge in [-0.05, 0) is 60.9 Å². The van der Waals surface area contributed by atoms with E-state index in [9.17, 15) is 9.59 Å². The largest absolute Gasteiger partial charge is 0.497 e. The van der Waals surface area contributed by atoms with Gasteiger partial charge < -0.3 is 14.8 Å². The van der Waals surface area contributed by atoms with Crippen LogP contribution < -0.4 is 14.8 Å². The number of amides is 1. The van der Waals surface area contributed by atoms with Crippen LogP contribution in [-0.4, -0.2) is 41.8 Å². The van der Waals surface area contributed by atoms with Gasteiger partial charge in [0.15, 0.2) is 0 Å². The minimum atomic E-state index is -0.873. The summed E-state index contributed by atoms with van der Waals surface area (Å²) in [6, 6.07) is 22.6. The van der Waals surface area contributed by atoms with Crippen LogP contribution in [-0.2, 0) is 0 Å². The summed E-state index contributed by atoms with van der Waals surface area (Å²) in [6.07, 6.45) is 4.23. The van der Waals surface area contributed by atoms with Crippen molar-refractivity contribution in [3.63, 3.8) is 0 Å². The van der Waals surface area contributed by atoms with Gasteiger partial charge in [0.25, 0.3) is 12.1 Å². The lowest BCUT2D eigenvalue weighted by atomic mass is 9.95. The zero-order valence-electron chi connectivity index (χ0n) is 20.7. The van der Waals surface area contributed by atoms with E-state index in [4.69, 9.17) is 14.6 Å². The highest BCUT2D eigenvalue weighted by molar-refractivity contribution is 6.04. The van der Waals surface area contributed by atoms with E-state index in [-0.39, 0.29) is 23.8 Å². The monoisotopic (exact) mass is 495 g/mol. The Hall–Kier alpha value is -4.13.